The molecule has 0 saturated carbocycles. The van der Waals surface area contributed by atoms with Crippen molar-refractivity contribution in [2.45, 2.75) is 39.8 Å². The van der Waals surface area contributed by atoms with Gasteiger partial charge in [-0.15, -0.1) is 0 Å². The van der Waals surface area contributed by atoms with Gasteiger partial charge < -0.3 is 10.6 Å². The molecule has 1 aromatic carbocycles. The first-order valence-corrected chi connectivity index (χ1v) is 9.86. The van der Waals surface area contributed by atoms with Gasteiger partial charge in [0.1, 0.15) is 11.6 Å². The van der Waals surface area contributed by atoms with E-state index in [1.54, 1.807) is 6.07 Å². The minimum atomic E-state index is -0.448. The van der Waals surface area contributed by atoms with Crippen molar-refractivity contribution < 1.29 is 9.18 Å². The van der Waals surface area contributed by atoms with Crippen LogP contribution in [-0.4, -0.2) is 41.5 Å². The highest BCUT2D eigenvalue weighted by atomic mass is 19.1. The third-order valence-electron chi connectivity index (χ3n) is 5.40. The fraction of sp³-hybridized carbons (Fsp3) is 0.455. The Morgan fingerprint density at radius 3 is 2.57 bits per heavy atom. The van der Waals surface area contributed by atoms with Crippen molar-refractivity contribution in [2.24, 2.45) is 11.7 Å². The smallest absolute Gasteiger partial charge is 0.252 e. The van der Waals surface area contributed by atoms with Gasteiger partial charge in [0, 0.05) is 37.9 Å². The molecule has 2 aromatic rings. The van der Waals surface area contributed by atoms with Crippen molar-refractivity contribution in [2.75, 3.05) is 24.5 Å². The first-order valence-electron chi connectivity index (χ1n) is 9.86. The summed E-state index contributed by atoms with van der Waals surface area (Å²) in [4.78, 5) is 21.2. The zero-order valence-corrected chi connectivity index (χ0v) is 16.9. The Balaban J connectivity index is 1.86. The van der Waals surface area contributed by atoms with Crippen molar-refractivity contribution in [3.8, 4) is 0 Å². The zero-order chi connectivity index (χ0) is 20.3. The molecule has 0 unspecified atom stereocenters. The number of primary amides is 1. The van der Waals surface area contributed by atoms with E-state index in [9.17, 15) is 9.18 Å². The van der Waals surface area contributed by atoms with Crippen LogP contribution in [0.4, 0.5) is 10.2 Å². The second-order valence-electron chi connectivity index (χ2n) is 7.90. The van der Waals surface area contributed by atoms with E-state index in [4.69, 9.17) is 5.73 Å². The summed E-state index contributed by atoms with van der Waals surface area (Å²) in [5.41, 5.74) is 8.04. The quantitative estimate of drug-likeness (QED) is 0.859. The number of aryl methyl sites for hydroxylation is 1. The van der Waals surface area contributed by atoms with E-state index >= 15 is 0 Å². The number of hydrogen-bond donors (Lipinski definition) is 1. The molecule has 0 aliphatic carbocycles. The lowest BCUT2D eigenvalue weighted by Crippen LogP contribution is -2.44. The molecule has 28 heavy (non-hydrogen) atoms. The third-order valence-corrected chi connectivity index (χ3v) is 5.40. The number of hydrogen-bond acceptors (Lipinski definition) is 4. The summed E-state index contributed by atoms with van der Waals surface area (Å²) in [6.07, 6.45) is 0.957. The van der Waals surface area contributed by atoms with E-state index in [2.05, 4.69) is 28.6 Å². The Morgan fingerprint density at radius 1 is 1.21 bits per heavy atom. The molecule has 5 nitrogen and oxygen atoms in total. The van der Waals surface area contributed by atoms with Gasteiger partial charge in [-0.2, -0.15) is 0 Å². The van der Waals surface area contributed by atoms with E-state index in [1.165, 1.54) is 12.1 Å². The molecule has 6 heteroatoms. The summed E-state index contributed by atoms with van der Waals surface area (Å²) >= 11 is 0. The van der Waals surface area contributed by atoms with Crippen LogP contribution in [0, 0.1) is 18.7 Å². The van der Waals surface area contributed by atoms with Crippen molar-refractivity contribution >= 4 is 11.7 Å². The molecule has 150 valence electrons. The van der Waals surface area contributed by atoms with E-state index in [0.29, 0.717) is 17.3 Å². The average Bonchev–Trinajstić information content (AvgIpc) is 2.86. The lowest BCUT2D eigenvalue weighted by molar-refractivity contribution is 0.100. The molecule has 3 rings (SSSR count). The fourth-order valence-corrected chi connectivity index (χ4v) is 3.88. The molecule has 2 N–H and O–H groups in total. The first kappa shape index (κ1) is 20.3. The lowest BCUT2D eigenvalue weighted by Gasteiger charge is -2.35. The first-order chi connectivity index (χ1) is 13.3. The molecule has 1 aliphatic heterocycles. The van der Waals surface area contributed by atoms with Gasteiger partial charge in [-0.3, -0.25) is 9.69 Å². The minimum absolute atomic E-state index is 0.212. The van der Waals surface area contributed by atoms with Crippen molar-refractivity contribution in [1.82, 2.24) is 9.88 Å². The monoisotopic (exact) mass is 384 g/mol. The molecule has 1 aliphatic rings. The van der Waals surface area contributed by atoms with Gasteiger partial charge in [-0.05, 0) is 49.1 Å². The summed E-state index contributed by atoms with van der Waals surface area (Å²) in [5, 5.41) is 0. The second kappa shape index (κ2) is 8.69. The molecule has 1 aromatic heterocycles. The van der Waals surface area contributed by atoms with Crippen LogP contribution in [0.2, 0.25) is 0 Å². The summed E-state index contributed by atoms with van der Waals surface area (Å²) in [7, 11) is 0. The highest BCUT2D eigenvalue weighted by molar-refractivity contribution is 5.97. The number of halogens is 1. The Morgan fingerprint density at radius 2 is 1.93 bits per heavy atom. The summed E-state index contributed by atoms with van der Waals surface area (Å²) < 4.78 is 13.2. The van der Waals surface area contributed by atoms with Crippen molar-refractivity contribution in [3.05, 3.63) is 59.0 Å². The molecular formula is C22H29FN4O. The van der Waals surface area contributed by atoms with Gasteiger partial charge in [0.15, 0.2) is 0 Å². The lowest BCUT2D eigenvalue weighted by atomic mass is 10.0. The normalized spacial score (nSPS) is 18.3. The molecule has 2 heterocycles. The number of anilines is 1. The summed E-state index contributed by atoms with van der Waals surface area (Å²) in [5.74, 6) is 0.441. The summed E-state index contributed by atoms with van der Waals surface area (Å²) in [6, 6.07) is 10.6. The molecule has 1 atom stereocenters. The Hall–Kier alpha value is -2.47. The number of amides is 1. The SMILES string of the molecule is Cc1ccc(C(N)=O)c(N2CCCN(Cc3ccc(F)cc3)[C@@H](C(C)C)C2)n1. The van der Waals surface area contributed by atoms with Crippen molar-refractivity contribution in [3.63, 3.8) is 0 Å². The predicted molar refractivity (Wildman–Crippen MR) is 110 cm³/mol. The van der Waals surface area contributed by atoms with Crippen LogP contribution < -0.4 is 10.6 Å². The number of aromatic nitrogens is 1. The molecule has 0 bridgehead atoms. The van der Waals surface area contributed by atoms with Crippen LogP contribution in [-0.2, 0) is 6.54 Å². The van der Waals surface area contributed by atoms with E-state index in [0.717, 1.165) is 43.9 Å². The standard InChI is InChI=1S/C22H29FN4O/c1-15(2)20-14-27(22-19(21(24)28)10-5-16(3)25-22)12-4-11-26(20)13-17-6-8-18(23)9-7-17/h5-10,15,20H,4,11-14H2,1-3H3,(H2,24,28)/t20-/m1/s1. The number of benzene rings is 1. The largest absolute Gasteiger partial charge is 0.365 e. The zero-order valence-electron chi connectivity index (χ0n) is 16.9. The Bertz CT molecular complexity index is 822. The highest BCUT2D eigenvalue weighted by Crippen LogP contribution is 2.25. The predicted octanol–water partition coefficient (Wildman–Crippen LogP) is 3.36. The van der Waals surface area contributed by atoms with Gasteiger partial charge in [0.25, 0.3) is 5.91 Å². The molecule has 0 spiro atoms. The van der Waals surface area contributed by atoms with Crippen LogP contribution in [0.3, 0.4) is 0 Å². The summed E-state index contributed by atoms with van der Waals surface area (Å²) in [6.45, 7) is 9.66. The van der Waals surface area contributed by atoms with Crippen LogP contribution in [0.5, 0.6) is 0 Å². The Labute approximate surface area is 166 Å². The number of nitrogens with zero attached hydrogens (tertiary/aromatic N) is 3. The number of nitrogens with two attached hydrogens (primary N) is 1. The number of pyridine rings is 1. The van der Waals surface area contributed by atoms with Crippen molar-refractivity contribution in [1.29, 1.82) is 0 Å². The topological polar surface area (TPSA) is 62.5 Å². The van der Waals surface area contributed by atoms with Gasteiger partial charge >= 0.3 is 0 Å². The maximum absolute atomic E-state index is 13.2. The molecule has 0 radical (unpaired) electrons. The third kappa shape index (κ3) is 4.68. The molecule has 1 fully saturated rings. The molecule has 1 saturated heterocycles. The van der Waals surface area contributed by atoms with Crippen LogP contribution >= 0.6 is 0 Å². The van der Waals surface area contributed by atoms with E-state index < -0.39 is 5.91 Å². The van der Waals surface area contributed by atoms with Gasteiger partial charge in [-0.1, -0.05) is 26.0 Å². The van der Waals surface area contributed by atoms with Gasteiger partial charge in [0.2, 0.25) is 0 Å². The van der Waals surface area contributed by atoms with Crippen LogP contribution in [0.15, 0.2) is 36.4 Å². The fourth-order valence-electron chi connectivity index (χ4n) is 3.88. The maximum Gasteiger partial charge on any atom is 0.252 e. The van der Waals surface area contributed by atoms with E-state index in [-0.39, 0.29) is 11.9 Å². The highest BCUT2D eigenvalue weighted by Gasteiger charge is 2.29. The molecular weight excluding hydrogens is 355 g/mol. The minimum Gasteiger partial charge on any atom is -0.365 e. The Kier molecular flexibility index (Phi) is 6.29. The average molecular weight is 384 g/mol. The van der Waals surface area contributed by atoms with Crippen LogP contribution in [0.25, 0.3) is 0 Å². The van der Waals surface area contributed by atoms with Gasteiger partial charge in [0.05, 0.1) is 5.56 Å². The molecule has 1 amide bonds. The second-order valence-corrected chi connectivity index (χ2v) is 7.90. The van der Waals surface area contributed by atoms with Crippen LogP contribution in [0.1, 0.15) is 41.9 Å². The van der Waals surface area contributed by atoms with Gasteiger partial charge in [-0.25, -0.2) is 9.37 Å². The number of carbonyl (C=O) groups excluding carboxylic acids is 1. The number of rotatable bonds is 5. The number of carbonyl (C=O) groups is 1. The van der Waals surface area contributed by atoms with E-state index in [1.807, 2.05) is 25.1 Å². The maximum atomic E-state index is 13.2.